The highest BCUT2D eigenvalue weighted by Crippen LogP contribution is 2.37. The van der Waals surface area contributed by atoms with E-state index in [1.807, 2.05) is 30.5 Å². The number of halogens is 2. The minimum Gasteiger partial charge on any atom is -0.465 e. The van der Waals surface area contributed by atoms with Crippen LogP contribution in [-0.2, 0) is 0 Å². The van der Waals surface area contributed by atoms with Crippen molar-refractivity contribution in [3.8, 4) is 0 Å². The van der Waals surface area contributed by atoms with Crippen LogP contribution in [0.15, 0.2) is 47.4 Å². The van der Waals surface area contributed by atoms with Crippen molar-refractivity contribution in [3.05, 3.63) is 63.6 Å². The molecule has 0 unspecified atom stereocenters. The molecule has 1 amide bonds. The number of hydrogen-bond acceptors (Lipinski definition) is 3. The number of rotatable bonds is 6. The van der Waals surface area contributed by atoms with Gasteiger partial charge in [-0.15, -0.1) is 11.8 Å². The van der Waals surface area contributed by atoms with E-state index in [1.165, 1.54) is 18.8 Å². The SMILES string of the molecule is CSc1ccccc1[C@H](O)[C@@H](CN(C)C(=O)O)c1ccc(Cl)c(Cl)c1. The summed E-state index contributed by atoms with van der Waals surface area (Å²) in [6.07, 6.45) is -0.0126. The molecule has 0 bridgehead atoms. The molecule has 2 rings (SSSR count). The minimum absolute atomic E-state index is 0.122. The molecule has 0 aliphatic rings. The highest BCUT2D eigenvalue weighted by molar-refractivity contribution is 7.98. The summed E-state index contributed by atoms with van der Waals surface area (Å²) in [5.74, 6) is -0.482. The van der Waals surface area contributed by atoms with Gasteiger partial charge in [-0.3, -0.25) is 0 Å². The predicted octanol–water partition coefficient (Wildman–Crippen LogP) is 5.14. The maximum absolute atomic E-state index is 11.3. The Balaban J connectivity index is 2.46. The van der Waals surface area contributed by atoms with Gasteiger partial charge >= 0.3 is 6.09 Å². The predicted molar refractivity (Wildman–Crippen MR) is 103 cm³/mol. The second-order valence-electron chi connectivity index (χ2n) is 5.63. The van der Waals surface area contributed by atoms with Crippen molar-refractivity contribution in [2.45, 2.75) is 16.9 Å². The summed E-state index contributed by atoms with van der Waals surface area (Å²) in [4.78, 5) is 13.4. The maximum Gasteiger partial charge on any atom is 0.407 e. The van der Waals surface area contributed by atoms with E-state index in [1.54, 1.807) is 18.2 Å². The molecule has 0 spiro atoms. The van der Waals surface area contributed by atoms with Crippen LogP contribution in [0.3, 0.4) is 0 Å². The Morgan fingerprint density at radius 1 is 1.20 bits per heavy atom. The Hall–Kier alpha value is -1.40. The maximum atomic E-state index is 11.3. The third-order valence-corrected chi connectivity index (χ3v) is 5.56. The number of likely N-dealkylation sites (N-methyl/N-ethyl adjacent to an activating group) is 1. The molecule has 0 heterocycles. The summed E-state index contributed by atoms with van der Waals surface area (Å²) in [6, 6.07) is 12.6. The Bertz CT molecular complexity index is 757. The summed E-state index contributed by atoms with van der Waals surface area (Å²) in [5.41, 5.74) is 1.48. The van der Waals surface area contributed by atoms with E-state index < -0.39 is 18.1 Å². The highest BCUT2D eigenvalue weighted by Gasteiger charge is 2.27. The molecule has 134 valence electrons. The summed E-state index contributed by atoms with van der Waals surface area (Å²) in [6.45, 7) is 0.122. The molecule has 0 aliphatic carbocycles. The lowest BCUT2D eigenvalue weighted by molar-refractivity contribution is 0.111. The number of aliphatic hydroxyl groups excluding tert-OH is 1. The lowest BCUT2D eigenvalue weighted by atomic mass is 9.88. The van der Waals surface area contributed by atoms with E-state index in [2.05, 4.69) is 0 Å². The van der Waals surface area contributed by atoms with Gasteiger partial charge in [0.2, 0.25) is 0 Å². The molecule has 0 fully saturated rings. The molecule has 2 atom stereocenters. The summed E-state index contributed by atoms with van der Waals surface area (Å²) in [7, 11) is 1.47. The number of thioether (sulfide) groups is 1. The molecule has 25 heavy (non-hydrogen) atoms. The van der Waals surface area contributed by atoms with Crippen LogP contribution in [0.4, 0.5) is 4.79 Å². The van der Waals surface area contributed by atoms with Crippen LogP contribution in [0.2, 0.25) is 10.0 Å². The van der Waals surface area contributed by atoms with Crippen LogP contribution in [0.5, 0.6) is 0 Å². The first-order valence-electron chi connectivity index (χ1n) is 7.55. The first kappa shape index (κ1) is 19.9. The molecule has 2 N–H and O–H groups in total. The summed E-state index contributed by atoms with van der Waals surface area (Å²) >= 11 is 13.6. The fraction of sp³-hybridized carbons (Fsp3) is 0.278. The number of amides is 1. The van der Waals surface area contributed by atoms with Gasteiger partial charge in [0.15, 0.2) is 0 Å². The smallest absolute Gasteiger partial charge is 0.407 e. The third-order valence-electron chi connectivity index (χ3n) is 4.01. The number of carbonyl (C=O) groups is 1. The average molecular weight is 400 g/mol. The molecular formula is C18H19Cl2NO3S. The van der Waals surface area contributed by atoms with Gasteiger partial charge < -0.3 is 15.1 Å². The molecule has 0 saturated heterocycles. The van der Waals surface area contributed by atoms with Crippen molar-refractivity contribution in [2.75, 3.05) is 19.8 Å². The van der Waals surface area contributed by atoms with Gasteiger partial charge in [0.25, 0.3) is 0 Å². The summed E-state index contributed by atoms with van der Waals surface area (Å²) in [5, 5.41) is 21.0. The van der Waals surface area contributed by atoms with E-state index in [-0.39, 0.29) is 6.54 Å². The average Bonchev–Trinajstić information content (AvgIpc) is 2.61. The highest BCUT2D eigenvalue weighted by atomic mass is 35.5. The molecule has 7 heteroatoms. The first-order valence-corrected chi connectivity index (χ1v) is 9.53. The van der Waals surface area contributed by atoms with E-state index in [4.69, 9.17) is 23.2 Å². The molecule has 2 aromatic rings. The molecule has 0 aromatic heterocycles. The van der Waals surface area contributed by atoms with E-state index in [0.717, 1.165) is 20.9 Å². The van der Waals surface area contributed by atoms with Gasteiger partial charge in [-0.1, -0.05) is 47.5 Å². The minimum atomic E-state index is -1.06. The van der Waals surface area contributed by atoms with Crippen molar-refractivity contribution in [1.82, 2.24) is 4.90 Å². The fourth-order valence-corrected chi connectivity index (χ4v) is 3.58. The zero-order chi connectivity index (χ0) is 18.6. The van der Waals surface area contributed by atoms with Crippen LogP contribution in [-0.4, -0.2) is 41.1 Å². The van der Waals surface area contributed by atoms with E-state index in [0.29, 0.717) is 10.0 Å². The van der Waals surface area contributed by atoms with Crippen molar-refractivity contribution < 1.29 is 15.0 Å². The Morgan fingerprint density at radius 3 is 2.48 bits per heavy atom. The number of carboxylic acid groups (broad SMARTS) is 1. The normalized spacial score (nSPS) is 13.3. The second kappa shape index (κ2) is 8.81. The van der Waals surface area contributed by atoms with Crippen LogP contribution < -0.4 is 0 Å². The molecular weight excluding hydrogens is 381 g/mol. The Labute approximate surface area is 161 Å². The first-order chi connectivity index (χ1) is 11.8. The molecule has 0 aliphatic heterocycles. The van der Waals surface area contributed by atoms with E-state index in [9.17, 15) is 15.0 Å². The Morgan fingerprint density at radius 2 is 1.88 bits per heavy atom. The largest absolute Gasteiger partial charge is 0.465 e. The number of benzene rings is 2. The number of aliphatic hydroxyl groups is 1. The van der Waals surface area contributed by atoms with Crippen molar-refractivity contribution >= 4 is 41.1 Å². The van der Waals surface area contributed by atoms with Gasteiger partial charge in [0, 0.05) is 24.4 Å². The molecule has 4 nitrogen and oxygen atoms in total. The van der Waals surface area contributed by atoms with Crippen molar-refractivity contribution in [1.29, 1.82) is 0 Å². The van der Waals surface area contributed by atoms with Crippen LogP contribution in [0, 0.1) is 0 Å². The van der Waals surface area contributed by atoms with Crippen molar-refractivity contribution in [2.24, 2.45) is 0 Å². The summed E-state index contributed by atoms with van der Waals surface area (Å²) < 4.78 is 0. The van der Waals surface area contributed by atoms with Crippen molar-refractivity contribution in [3.63, 3.8) is 0 Å². The monoisotopic (exact) mass is 399 g/mol. The van der Waals surface area contributed by atoms with E-state index >= 15 is 0 Å². The Kier molecular flexibility index (Phi) is 7.02. The topological polar surface area (TPSA) is 60.8 Å². The van der Waals surface area contributed by atoms with Gasteiger partial charge in [-0.2, -0.15) is 0 Å². The van der Waals surface area contributed by atoms with Gasteiger partial charge in [-0.05, 0) is 35.6 Å². The van der Waals surface area contributed by atoms with Gasteiger partial charge in [-0.25, -0.2) is 4.79 Å². The zero-order valence-corrected chi connectivity index (χ0v) is 16.1. The lowest BCUT2D eigenvalue weighted by Crippen LogP contribution is -2.32. The fourth-order valence-electron chi connectivity index (χ4n) is 2.63. The standard InChI is InChI=1S/C18H19Cl2NO3S/c1-21(18(23)24)10-13(11-7-8-14(19)15(20)9-11)17(22)12-5-3-4-6-16(12)25-2/h3-9,13,17,22H,10H2,1-2H3,(H,23,24)/t13-,17-/m0/s1. The molecule has 0 radical (unpaired) electrons. The number of nitrogens with zero attached hydrogens (tertiary/aromatic N) is 1. The quantitative estimate of drug-likeness (QED) is 0.659. The van der Waals surface area contributed by atoms with Gasteiger partial charge in [0.05, 0.1) is 16.1 Å². The third kappa shape index (κ3) is 4.82. The van der Waals surface area contributed by atoms with Gasteiger partial charge in [0.1, 0.15) is 0 Å². The number of hydrogen-bond donors (Lipinski definition) is 2. The van der Waals surface area contributed by atoms with Crippen LogP contribution in [0.1, 0.15) is 23.1 Å². The molecule has 0 saturated carbocycles. The van der Waals surface area contributed by atoms with Crippen LogP contribution in [0.25, 0.3) is 0 Å². The second-order valence-corrected chi connectivity index (χ2v) is 7.29. The molecule has 2 aromatic carbocycles. The lowest BCUT2D eigenvalue weighted by Gasteiger charge is -2.28. The van der Waals surface area contributed by atoms with Crippen LogP contribution >= 0.6 is 35.0 Å². The zero-order valence-electron chi connectivity index (χ0n) is 13.8.